The Kier molecular flexibility index (Phi) is 10.8. The van der Waals surface area contributed by atoms with E-state index in [0.29, 0.717) is 29.2 Å². The van der Waals surface area contributed by atoms with Crippen LogP contribution < -0.4 is 9.64 Å². The number of piperazine rings is 1. The molecule has 3 aliphatic heterocycles. The average molecular weight is 699 g/mol. The minimum Gasteiger partial charge on any atom is -0.496 e. The molecule has 1 aromatic heterocycles. The number of allylic oxidation sites excluding steroid dienone is 3. The highest BCUT2D eigenvalue weighted by atomic mass is 19.1. The summed E-state index contributed by atoms with van der Waals surface area (Å²) in [4.78, 5) is 55.1. The van der Waals surface area contributed by atoms with Gasteiger partial charge in [0.2, 0.25) is 5.91 Å². The third-order valence-corrected chi connectivity index (χ3v) is 9.54. The molecule has 0 aliphatic carbocycles. The molecule has 1 fully saturated rings. The molecule has 1 aromatic carbocycles. The molecule has 2 aromatic rings. The Morgan fingerprint density at radius 2 is 1.94 bits per heavy atom. The average Bonchev–Trinajstić information content (AvgIpc) is 3.09. The molecule has 4 heterocycles. The monoisotopic (exact) mass is 698 g/mol. The highest BCUT2D eigenvalue weighted by Crippen LogP contribution is 2.42. The number of hydrogen-bond donors (Lipinski definition) is 0. The molecule has 0 spiro atoms. The molecule has 0 unspecified atom stereocenters. The number of halogens is 2. The van der Waals surface area contributed by atoms with E-state index < -0.39 is 23.6 Å². The first-order chi connectivity index (χ1) is 24.2. The molecule has 2 atom stereocenters. The van der Waals surface area contributed by atoms with Gasteiger partial charge in [-0.05, 0) is 69.8 Å². The Balaban J connectivity index is 1.83. The number of likely N-dealkylation sites (N-methyl/N-ethyl adjacent to an activating group) is 1. The van der Waals surface area contributed by atoms with Gasteiger partial charge >= 0.3 is 0 Å². The SMILES string of the molecule is C#C/C(=C(F)\C=C1/CN(c2c(C(C)C)ccnc2C)C(=O)C2=C1N1C[C@@H](C)N(C(=O)C=C)C[C@@H]1C(=O)N2CCN(C)C)c1c(F)cccc1OC. The van der Waals surface area contributed by atoms with E-state index in [4.69, 9.17) is 11.2 Å². The molecule has 0 radical (unpaired) electrons. The number of rotatable bonds is 9. The number of fused-ring (bicyclic) bond motifs is 2. The lowest BCUT2D eigenvalue weighted by Gasteiger charge is -2.53. The second-order valence-electron chi connectivity index (χ2n) is 13.4. The second kappa shape index (κ2) is 14.9. The van der Waals surface area contributed by atoms with Gasteiger partial charge in [0, 0.05) is 37.4 Å². The smallest absolute Gasteiger partial charge is 0.277 e. The van der Waals surface area contributed by atoms with Crippen LogP contribution in [0.4, 0.5) is 14.5 Å². The van der Waals surface area contributed by atoms with Gasteiger partial charge < -0.3 is 29.2 Å². The van der Waals surface area contributed by atoms with Crippen molar-refractivity contribution in [3.63, 3.8) is 0 Å². The highest BCUT2D eigenvalue weighted by molar-refractivity contribution is 6.12. The first kappa shape index (κ1) is 37.0. The number of anilines is 1. The van der Waals surface area contributed by atoms with Crippen LogP contribution in [0.25, 0.3) is 5.57 Å². The van der Waals surface area contributed by atoms with E-state index >= 15 is 8.78 Å². The van der Waals surface area contributed by atoms with Crippen LogP contribution in [0.2, 0.25) is 0 Å². The van der Waals surface area contributed by atoms with Gasteiger partial charge in [0.1, 0.15) is 29.1 Å². The normalized spacial score (nSPS) is 20.5. The summed E-state index contributed by atoms with van der Waals surface area (Å²) in [6, 6.07) is 4.69. The molecule has 268 valence electrons. The zero-order chi connectivity index (χ0) is 37.3. The number of carbonyl (C=O) groups is 3. The van der Waals surface area contributed by atoms with E-state index in [1.54, 1.807) is 22.9 Å². The van der Waals surface area contributed by atoms with Gasteiger partial charge in [-0.25, -0.2) is 8.78 Å². The largest absolute Gasteiger partial charge is 0.496 e. The Bertz CT molecular complexity index is 1910. The van der Waals surface area contributed by atoms with Crippen LogP contribution in [0, 0.1) is 25.1 Å². The number of pyridine rings is 1. The molecule has 0 N–H and O–H groups in total. The van der Waals surface area contributed by atoms with E-state index in [1.165, 1.54) is 47.3 Å². The molecule has 5 rings (SSSR count). The lowest BCUT2D eigenvalue weighted by molar-refractivity contribution is -0.146. The Hall–Kier alpha value is -5.28. The number of benzene rings is 1. The summed E-state index contributed by atoms with van der Waals surface area (Å²) in [5.74, 6) is -0.454. The lowest BCUT2D eigenvalue weighted by atomic mass is 9.91. The van der Waals surface area contributed by atoms with E-state index in [0.717, 1.165) is 5.56 Å². The Morgan fingerprint density at radius 3 is 2.57 bits per heavy atom. The molecule has 3 aliphatic rings. The van der Waals surface area contributed by atoms with E-state index in [1.807, 2.05) is 45.8 Å². The van der Waals surface area contributed by atoms with Crippen LogP contribution in [-0.4, -0.2) is 108 Å². The predicted octanol–water partition coefficient (Wildman–Crippen LogP) is 4.65. The molecule has 12 heteroatoms. The summed E-state index contributed by atoms with van der Waals surface area (Å²) in [7, 11) is 5.05. The first-order valence-electron chi connectivity index (χ1n) is 16.8. The molecular formula is C39H44F2N6O4. The third-order valence-electron chi connectivity index (χ3n) is 9.54. The number of methoxy groups -OCH3 is 1. The fraction of sp³-hybridized carbons (Fsp3) is 0.385. The van der Waals surface area contributed by atoms with Gasteiger partial charge in [0.15, 0.2) is 0 Å². The number of terminal acetylenes is 1. The van der Waals surface area contributed by atoms with Crippen LogP contribution >= 0.6 is 0 Å². The molecular weight excluding hydrogens is 654 g/mol. The number of ether oxygens (including phenoxy) is 1. The summed E-state index contributed by atoms with van der Waals surface area (Å²) >= 11 is 0. The number of amides is 3. The van der Waals surface area contributed by atoms with Crippen molar-refractivity contribution >= 4 is 29.0 Å². The number of carbonyl (C=O) groups excluding carboxylic acids is 3. The predicted molar refractivity (Wildman–Crippen MR) is 192 cm³/mol. The van der Waals surface area contributed by atoms with Gasteiger partial charge in [-0.3, -0.25) is 19.4 Å². The molecule has 0 saturated carbocycles. The standard InChI is InChI=1S/C39H44F2N6O4/c1-10-27(34-29(40)13-12-14-32(34)51-9)30(41)19-26-21-47(35-25(6)42-16-15-28(35)23(3)4)39(50)37-36(26)46-20-24(5)45(33(48)11-2)22-31(46)38(49)44(37)18-17-43(7)8/h1,11-16,19,23-24,31H,2,17-18,20-22H2,3-9H3/b26-19+,30-27-/t24-,31-/m1/s1. The van der Waals surface area contributed by atoms with Gasteiger partial charge in [0.05, 0.1) is 48.4 Å². The number of hydrogen-bond acceptors (Lipinski definition) is 7. The number of aryl methyl sites for hydroxylation is 1. The van der Waals surface area contributed by atoms with E-state index in [-0.39, 0.29) is 72.5 Å². The second-order valence-corrected chi connectivity index (χ2v) is 13.4. The molecule has 10 nitrogen and oxygen atoms in total. The maximum atomic E-state index is 16.8. The Morgan fingerprint density at radius 1 is 1.22 bits per heavy atom. The van der Waals surface area contributed by atoms with E-state index in [2.05, 4.69) is 17.5 Å². The van der Waals surface area contributed by atoms with Crippen LogP contribution in [0.5, 0.6) is 5.75 Å². The molecule has 0 bridgehead atoms. The van der Waals surface area contributed by atoms with Crippen molar-refractivity contribution in [1.82, 2.24) is 24.6 Å². The van der Waals surface area contributed by atoms with Gasteiger partial charge in [0.25, 0.3) is 11.8 Å². The third kappa shape index (κ3) is 6.78. The lowest BCUT2D eigenvalue weighted by Crippen LogP contribution is -2.67. The first-order valence-corrected chi connectivity index (χ1v) is 16.8. The quantitative estimate of drug-likeness (QED) is 0.279. The molecule has 51 heavy (non-hydrogen) atoms. The summed E-state index contributed by atoms with van der Waals surface area (Å²) in [6.45, 7) is 11.9. The fourth-order valence-electron chi connectivity index (χ4n) is 7.03. The van der Waals surface area contributed by atoms with Gasteiger partial charge in [-0.2, -0.15) is 0 Å². The topological polar surface area (TPSA) is 89.5 Å². The van der Waals surface area contributed by atoms with Crippen molar-refractivity contribution in [2.75, 3.05) is 58.8 Å². The van der Waals surface area contributed by atoms with Crippen LogP contribution in [0.1, 0.15) is 43.5 Å². The van der Waals surface area contributed by atoms with Crippen molar-refractivity contribution in [2.24, 2.45) is 0 Å². The Labute approximate surface area is 298 Å². The fourth-order valence-corrected chi connectivity index (χ4v) is 7.03. The van der Waals surface area contributed by atoms with Crippen molar-refractivity contribution in [3.8, 4) is 18.1 Å². The molecule has 1 saturated heterocycles. The van der Waals surface area contributed by atoms with Crippen molar-refractivity contribution in [3.05, 3.63) is 94.6 Å². The summed E-state index contributed by atoms with van der Waals surface area (Å²) in [5, 5.41) is 0. The van der Waals surface area contributed by atoms with Gasteiger partial charge in [-0.15, -0.1) is 6.42 Å². The van der Waals surface area contributed by atoms with Crippen molar-refractivity contribution < 1.29 is 27.9 Å². The number of aromatic nitrogens is 1. The summed E-state index contributed by atoms with van der Waals surface area (Å²) < 4.78 is 37.4. The zero-order valence-corrected chi connectivity index (χ0v) is 30.2. The maximum Gasteiger partial charge on any atom is 0.277 e. The van der Waals surface area contributed by atoms with Crippen molar-refractivity contribution in [2.45, 2.75) is 45.7 Å². The minimum atomic E-state index is -0.925. The van der Waals surface area contributed by atoms with E-state index in [9.17, 15) is 14.4 Å². The van der Waals surface area contributed by atoms with Gasteiger partial charge in [-0.1, -0.05) is 32.4 Å². The zero-order valence-electron chi connectivity index (χ0n) is 30.2. The van der Waals surface area contributed by atoms with Crippen molar-refractivity contribution in [1.29, 1.82) is 0 Å². The minimum absolute atomic E-state index is 0.00552. The van der Waals surface area contributed by atoms with Crippen LogP contribution in [0.3, 0.4) is 0 Å². The molecule has 3 amide bonds. The number of nitrogens with zero attached hydrogens (tertiary/aromatic N) is 6. The highest BCUT2D eigenvalue weighted by Gasteiger charge is 2.50. The van der Waals surface area contributed by atoms with Crippen LogP contribution in [0.15, 0.2) is 72.0 Å². The summed E-state index contributed by atoms with van der Waals surface area (Å²) in [5.41, 5.74) is 2.19. The maximum absolute atomic E-state index is 16.8. The van der Waals surface area contributed by atoms with Crippen LogP contribution in [-0.2, 0) is 14.4 Å². The summed E-state index contributed by atoms with van der Waals surface area (Å²) in [6.07, 6.45) is 9.95.